The molecular formula is C23H27N5O4S. The molecule has 1 fully saturated rings. The van der Waals surface area contributed by atoms with E-state index in [1.165, 1.54) is 17.8 Å². The van der Waals surface area contributed by atoms with Crippen LogP contribution in [0.25, 0.3) is 10.9 Å². The van der Waals surface area contributed by atoms with Gasteiger partial charge in [0.05, 0.1) is 0 Å². The molecule has 0 spiro atoms. The number of amides is 2. The van der Waals surface area contributed by atoms with Crippen LogP contribution in [0, 0.1) is 0 Å². The highest BCUT2D eigenvalue weighted by Gasteiger charge is 2.20. The van der Waals surface area contributed by atoms with Gasteiger partial charge in [0, 0.05) is 27.9 Å². The number of rotatable bonds is 8. The van der Waals surface area contributed by atoms with Gasteiger partial charge in [0.1, 0.15) is 11.4 Å². The van der Waals surface area contributed by atoms with E-state index in [4.69, 9.17) is 5.73 Å². The molecule has 0 radical (unpaired) electrons. The maximum absolute atomic E-state index is 12.8. The summed E-state index contributed by atoms with van der Waals surface area (Å²) < 4.78 is 0. The van der Waals surface area contributed by atoms with Crippen molar-refractivity contribution in [2.45, 2.75) is 51.0 Å². The van der Waals surface area contributed by atoms with E-state index in [-0.39, 0.29) is 29.2 Å². The molecule has 6 N–H and O–H groups in total. The van der Waals surface area contributed by atoms with Crippen LogP contribution in [0.1, 0.15) is 75.4 Å². The second-order valence-corrected chi connectivity index (χ2v) is 9.09. The number of carboxylic acid groups (broad SMARTS) is 1. The lowest BCUT2D eigenvalue weighted by Crippen LogP contribution is -2.36. The maximum atomic E-state index is 12.8. The molecule has 9 nitrogen and oxygen atoms in total. The van der Waals surface area contributed by atoms with E-state index in [9.17, 15) is 19.5 Å². The smallest absolute Gasteiger partial charge is 0.352 e. The summed E-state index contributed by atoms with van der Waals surface area (Å²) >= 11 is 1.19. The lowest BCUT2D eigenvalue weighted by molar-refractivity contribution is 0.0689. The molecule has 0 atom stereocenters. The van der Waals surface area contributed by atoms with E-state index < -0.39 is 5.97 Å². The Morgan fingerprint density at radius 2 is 1.97 bits per heavy atom. The molecule has 2 heterocycles. The van der Waals surface area contributed by atoms with E-state index in [0.29, 0.717) is 46.5 Å². The summed E-state index contributed by atoms with van der Waals surface area (Å²) in [6, 6.07) is 5.16. The minimum atomic E-state index is -1.05. The molecule has 0 saturated heterocycles. The van der Waals surface area contributed by atoms with Crippen LogP contribution >= 0.6 is 11.3 Å². The summed E-state index contributed by atoms with van der Waals surface area (Å²) in [5.41, 5.74) is 7.65. The van der Waals surface area contributed by atoms with Crippen molar-refractivity contribution in [1.29, 1.82) is 0 Å². The normalized spacial score (nSPS) is 14.3. The number of carbonyl (C=O) groups is 3. The van der Waals surface area contributed by atoms with Gasteiger partial charge >= 0.3 is 5.97 Å². The Hall–Kier alpha value is -3.24. The Kier molecular flexibility index (Phi) is 7.05. The molecule has 2 amide bonds. The van der Waals surface area contributed by atoms with Crippen molar-refractivity contribution in [3.05, 3.63) is 46.1 Å². The third kappa shape index (κ3) is 5.23. The Balaban J connectivity index is 1.48. The average molecular weight is 470 g/mol. The molecule has 33 heavy (non-hydrogen) atoms. The number of aryl methyl sites for hydroxylation is 1. The molecule has 174 valence electrons. The zero-order valence-corrected chi connectivity index (χ0v) is 19.0. The van der Waals surface area contributed by atoms with E-state index >= 15 is 0 Å². The average Bonchev–Trinajstić information content (AvgIpc) is 3.42. The number of benzene rings is 1. The topological polar surface area (TPSA) is 150 Å². The highest BCUT2D eigenvalue weighted by molar-refractivity contribution is 7.14. The van der Waals surface area contributed by atoms with E-state index in [1.54, 1.807) is 23.6 Å². The van der Waals surface area contributed by atoms with Crippen LogP contribution in [-0.2, 0) is 6.42 Å². The minimum absolute atomic E-state index is 0.115. The number of carboxylic acids is 1. The predicted octanol–water partition coefficient (Wildman–Crippen LogP) is 3.53. The van der Waals surface area contributed by atoms with Gasteiger partial charge in [-0.25, -0.2) is 9.78 Å². The molecule has 0 aliphatic heterocycles. The van der Waals surface area contributed by atoms with Gasteiger partial charge < -0.3 is 21.1 Å². The second-order valence-electron chi connectivity index (χ2n) is 8.24. The largest absolute Gasteiger partial charge is 0.477 e. The third-order valence-corrected chi connectivity index (χ3v) is 6.67. The van der Waals surface area contributed by atoms with Crippen LogP contribution in [0.3, 0.4) is 0 Å². The standard InChI is InChI=1S/C23H27N5O4S/c24-10-4-7-15-16-11-13(8-9-17(16)26-19(15)22(31)32)20(29)28-23-27-18(12-33-23)21(30)25-14-5-2-1-3-6-14/h8-9,11-12,14,26H,1-7,10,24H2,(H,25,30)(H,31,32)(H,27,28,29). The minimum Gasteiger partial charge on any atom is -0.477 e. The number of H-pyrrole nitrogens is 1. The van der Waals surface area contributed by atoms with Crippen molar-refractivity contribution in [2.75, 3.05) is 11.9 Å². The number of nitrogens with two attached hydrogens (primary N) is 1. The highest BCUT2D eigenvalue weighted by atomic mass is 32.1. The zero-order chi connectivity index (χ0) is 23.4. The quantitative estimate of drug-likeness (QED) is 0.340. The molecule has 1 saturated carbocycles. The number of nitrogens with one attached hydrogen (secondary N) is 3. The summed E-state index contributed by atoms with van der Waals surface area (Å²) in [4.78, 5) is 44.1. The van der Waals surface area contributed by atoms with E-state index in [2.05, 4.69) is 20.6 Å². The van der Waals surface area contributed by atoms with E-state index in [0.717, 1.165) is 25.7 Å². The van der Waals surface area contributed by atoms with Crippen LogP contribution in [-0.4, -0.2) is 45.4 Å². The Morgan fingerprint density at radius 3 is 2.70 bits per heavy atom. The molecule has 1 aromatic carbocycles. The Morgan fingerprint density at radius 1 is 1.18 bits per heavy atom. The van der Waals surface area contributed by atoms with Crippen LogP contribution in [0.5, 0.6) is 0 Å². The number of aromatic amines is 1. The summed E-state index contributed by atoms with van der Waals surface area (Å²) in [7, 11) is 0. The van der Waals surface area contributed by atoms with Crippen molar-refractivity contribution >= 4 is 45.2 Å². The molecule has 3 aromatic rings. The van der Waals surface area contributed by atoms with Gasteiger partial charge in [-0.1, -0.05) is 19.3 Å². The van der Waals surface area contributed by atoms with Crippen LogP contribution < -0.4 is 16.4 Å². The molecular weight excluding hydrogens is 442 g/mol. The lowest BCUT2D eigenvalue weighted by atomic mass is 9.95. The van der Waals surface area contributed by atoms with Gasteiger partial charge in [-0.15, -0.1) is 11.3 Å². The zero-order valence-electron chi connectivity index (χ0n) is 18.1. The predicted molar refractivity (Wildman–Crippen MR) is 127 cm³/mol. The molecule has 4 rings (SSSR count). The van der Waals surface area contributed by atoms with Crippen LogP contribution in [0.4, 0.5) is 5.13 Å². The van der Waals surface area contributed by atoms with Gasteiger partial charge in [0.15, 0.2) is 5.13 Å². The second kappa shape index (κ2) is 10.1. The van der Waals surface area contributed by atoms with Gasteiger partial charge in [-0.2, -0.15) is 0 Å². The summed E-state index contributed by atoms with van der Waals surface area (Å²) in [5, 5.41) is 17.9. The third-order valence-electron chi connectivity index (χ3n) is 5.91. The number of nitrogens with zero attached hydrogens (tertiary/aromatic N) is 1. The van der Waals surface area contributed by atoms with Gasteiger partial charge in [-0.05, 0) is 56.0 Å². The fraction of sp³-hybridized carbons (Fsp3) is 0.391. The van der Waals surface area contributed by atoms with Crippen molar-refractivity contribution in [1.82, 2.24) is 15.3 Å². The molecule has 1 aliphatic rings. The lowest BCUT2D eigenvalue weighted by Gasteiger charge is -2.22. The fourth-order valence-corrected chi connectivity index (χ4v) is 4.91. The van der Waals surface area contributed by atoms with Crippen LogP contribution in [0.15, 0.2) is 23.6 Å². The first-order chi connectivity index (χ1) is 16.0. The SMILES string of the molecule is NCCCc1c(C(=O)O)[nH]c2ccc(C(=O)Nc3nc(C(=O)NC4CCCCC4)cs3)cc12. The van der Waals surface area contributed by atoms with Gasteiger partial charge in [0.25, 0.3) is 11.8 Å². The molecule has 0 unspecified atom stereocenters. The molecule has 10 heteroatoms. The fourth-order valence-electron chi connectivity index (χ4n) is 4.22. The van der Waals surface area contributed by atoms with Crippen molar-refractivity contribution in [2.24, 2.45) is 5.73 Å². The summed E-state index contributed by atoms with van der Waals surface area (Å²) in [5.74, 6) is -1.66. The molecule has 0 bridgehead atoms. The molecule has 2 aromatic heterocycles. The number of hydrogen-bond acceptors (Lipinski definition) is 6. The first-order valence-corrected chi connectivity index (χ1v) is 12.0. The number of hydrogen-bond donors (Lipinski definition) is 5. The number of aromatic carboxylic acids is 1. The van der Waals surface area contributed by atoms with Gasteiger partial charge in [-0.3, -0.25) is 14.9 Å². The number of fused-ring (bicyclic) bond motifs is 1. The van der Waals surface area contributed by atoms with E-state index in [1.807, 2.05) is 0 Å². The summed E-state index contributed by atoms with van der Waals surface area (Å²) in [6.45, 7) is 0.437. The van der Waals surface area contributed by atoms with Crippen LogP contribution in [0.2, 0.25) is 0 Å². The monoisotopic (exact) mass is 469 g/mol. The Labute approximate surface area is 194 Å². The first-order valence-electron chi connectivity index (χ1n) is 11.1. The number of aromatic nitrogens is 2. The van der Waals surface area contributed by atoms with Crippen molar-refractivity contribution < 1.29 is 19.5 Å². The number of thiazole rings is 1. The van der Waals surface area contributed by atoms with Crippen molar-refractivity contribution in [3.8, 4) is 0 Å². The Bertz CT molecular complexity index is 1180. The number of carbonyl (C=O) groups excluding carboxylic acids is 2. The van der Waals surface area contributed by atoms with Crippen molar-refractivity contribution in [3.63, 3.8) is 0 Å². The highest BCUT2D eigenvalue weighted by Crippen LogP contribution is 2.26. The number of anilines is 1. The maximum Gasteiger partial charge on any atom is 0.352 e. The first kappa shape index (κ1) is 22.9. The molecule has 1 aliphatic carbocycles. The summed E-state index contributed by atoms with van der Waals surface area (Å²) in [6.07, 6.45) is 6.55. The van der Waals surface area contributed by atoms with Gasteiger partial charge in [0.2, 0.25) is 0 Å².